The van der Waals surface area contributed by atoms with Gasteiger partial charge in [0.05, 0.1) is 12.4 Å². The highest BCUT2D eigenvalue weighted by Gasteiger charge is 2.22. The molecule has 0 saturated heterocycles. The first-order valence-corrected chi connectivity index (χ1v) is 7.84. The summed E-state index contributed by atoms with van der Waals surface area (Å²) in [5, 5.41) is 10.4. The molecule has 120 valence electrons. The minimum absolute atomic E-state index is 0.117. The lowest BCUT2D eigenvalue weighted by atomic mass is 10.1. The number of aromatic hydroxyl groups is 1. The standard InChI is InChI=1S/C19H16N2O3/c1-3-11-8-12-17(9-16(11)22)24-10-13(18(12)23)19-20-14-6-4-5-7-15(14)21(19)2/h4-10H,3H2,1-2H3,(H,22,23)/p+1. The first kappa shape index (κ1) is 14.5. The Morgan fingerprint density at radius 3 is 2.79 bits per heavy atom. The number of phenols is 1. The number of H-pyrrole nitrogens is 1. The number of nitrogens with zero attached hydrogens (tertiary/aromatic N) is 1. The summed E-state index contributed by atoms with van der Waals surface area (Å²) in [5.41, 5.74) is 3.42. The first-order chi connectivity index (χ1) is 11.6. The molecule has 0 saturated carbocycles. The van der Waals surface area contributed by atoms with Gasteiger partial charge in [-0.3, -0.25) is 4.79 Å². The third kappa shape index (κ3) is 2.01. The van der Waals surface area contributed by atoms with Crippen molar-refractivity contribution in [1.82, 2.24) is 4.98 Å². The quantitative estimate of drug-likeness (QED) is 0.558. The van der Waals surface area contributed by atoms with Crippen LogP contribution in [0.15, 0.2) is 51.9 Å². The Kier molecular flexibility index (Phi) is 3.16. The third-order valence-electron chi connectivity index (χ3n) is 4.46. The number of benzene rings is 2. The summed E-state index contributed by atoms with van der Waals surface area (Å²) in [5.74, 6) is 0.843. The molecule has 0 bridgehead atoms. The predicted molar refractivity (Wildman–Crippen MR) is 92.0 cm³/mol. The van der Waals surface area contributed by atoms with Gasteiger partial charge in [0.25, 0.3) is 5.82 Å². The van der Waals surface area contributed by atoms with Gasteiger partial charge >= 0.3 is 0 Å². The van der Waals surface area contributed by atoms with Crippen LogP contribution in [0.25, 0.3) is 33.4 Å². The van der Waals surface area contributed by atoms with Gasteiger partial charge in [0.2, 0.25) is 5.43 Å². The second-order valence-corrected chi connectivity index (χ2v) is 5.86. The lowest BCUT2D eigenvalue weighted by Crippen LogP contribution is -2.30. The number of aromatic amines is 1. The summed E-state index contributed by atoms with van der Waals surface area (Å²) in [4.78, 5) is 16.2. The van der Waals surface area contributed by atoms with Crippen molar-refractivity contribution in [2.24, 2.45) is 7.05 Å². The normalized spacial score (nSPS) is 11.4. The Hall–Kier alpha value is -3.08. The maximum absolute atomic E-state index is 13.0. The highest BCUT2D eigenvalue weighted by Crippen LogP contribution is 2.25. The van der Waals surface area contributed by atoms with E-state index in [1.54, 1.807) is 6.07 Å². The van der Waals surface area contributed by atoms with E-state index in [1.165, 1.54) is 12.3 Å². The van der Waals surface area contributed by atoms with Crippen molar-refractivity contribution in [3.05, 3.63) is 58.4 Å². The van der Waals surface area contributed by atoms with Gasteiger partial charge in [-0.15, -0.1) is 0 Å². The van der Waals surface area contributed by atoms with Crippen LogP contribution in [-0.4, -0.2) is 10.1 Å². The van der Waals surface area contributed by atoms with Gasteiger partial charge < -0.3 is 9.52 Å². The molecule has 24 heavy (non-hydrogen) atoms. The van der Waals surface area contributed by atoms with Crippen molar-refractivity contribution < 1.29 is 14.1 Å². The van der Waals surface area contributed by atoms with Crippen LogP contribution in [0.5, 0.6) is 5.75 Å². The van der Waals surface area contributed by atoms with Crippen molar-refractivity contribution in [3.8, 4) is 17.1 Å². The van der Waals surface area contributed by atoms with Crippen LogP contribution in [0.4, 0.5) is 0 Å². The molecule has 4 rings (SSSR count). The highest BCUT2D eigenvalue weighted by molar-refractivity contribution is 5.83. The molecule has 2 aromatic heterocycles. The van der Waals surface area contributed by atoms with E-state index in [4.69, 9.17) is 4.42 Å². The van der Waals surface area contributed by atoms with Crippen LogP contribution in [0.2, 0.25) is 0 Å². The second kappa shape index (κ2) is 5.23. The second-order valence-electron chi connectivity index (χ2n) is 5.86. The molecule has 2 aromatic carbocycles. The molecule has 5 nitrogen and oxygen atoms in total. The van der Waals surface area contributed by atoms with Gasteiger partial charge in [-0.1, -0.05) is 19.1 Å². The molecule has 0 unspecified atom stereocenters. The highest BCUT2D eigenvalue weighted by atomic mass is 16.3. The molecule has 0 amide bonds. The Balaban J connectivity index is 2.03. The van der Waals surface area contributed by atoms with Crippen molar-refractivity contribution in [2.75, 3.05) is 0 Å². The van der Waals surface area contributed by atoms with E-state index in [1.807, 2.05) is 42.8 Å². The van der Waals surface area contributed by atoms with Crippen molar-refractivity contribution in [3.63, 3.8) is 0 Å². The number of para-hydroxylation sites is 2. The summed E-state index contributed by atoms with van der Waals surface area (Å²) in [6.07, 6.45) is 2.09. The predicted octanol–water partition coefficient (Wildman–Crippen LogP) is 3.03. The number of imidazole rings is 1. The summed E-state index contributed by atoms with van der Waals surface area (Å²) >= 11 is 0. The van der Waals surface area contributed by atoms with E-state index in [-0.39, 0.29) is 11.2 Å². The molecule has 2 N–H and O–H groups in total. The van der Waals surface area contributed by atoms with Crippen LogP contribution in [0, 0.1) is 0 Å². The molecule has 0 aliphatic rings. The Morgan fingerprint density at radius 1 is 1.25 bits per heavy atom. The van der Waals surface area contributed by atoms with Gasteiger partial charge in [0.15, 0.2) is 11.0 Å². The van der Waals surface area contributed by atoms with E-state index >= 15 is 0 Å². The van der Waals surface area contributed by atoms with Crippen molar-refractivity contribution >= 4 is 22.0 Å². The molecule has 0 aliphatic carbocycles. The van der Waals surface area contributed by atoms with Crippen LogP contribution in [0.1, 0.15) is 12.5 Å². The lowest BCUT2D eigenvalue weighted by molar-refractivity contribution is -0.633. The summed E-state index contributed by atoms with van der Waals surface area (Å²) in [6, 6.07) is 11.1. The average Bonchev–Trinajstić information content (AvgIpc) is 2.92. The van der Waals surface area contributed by atoms with E-state index in [2.05, 4.69) is 4.98 Å². The van der Waals surface area contributed by atoms with E-state index in [0.717, 1.165) is 16.6 Å². The Labute approximate surface area is 137 Å². The molecule has 2 heterocycles. The zero-order valence-corrected chi connectivity index (χ0v) is 13.5. The molecule has 0 fully saturated rings. The molecule has 0 radical (unpaired) electrons. The number of rotatable bonds is 2. The maximum atomic E-state index is 13.0. The molecule has 5 heteroatoms. The number of hydrogen-bond donors (Lipinski definition) is 2. The SMILES string of the molecule is CCc1cc2c(=O)c(-c3[nH]c4ccccc4[n+]3C)coc2cc1O. The fourth-order valence-electron chi connectivity index (χ4n) is 3.11. The number of aromatic nitrogens is 2. The van der Waals surface area contributed by atoms with Gasteiger partial charge in [0.1, 0.15) is 23.2 Å². The molecule has 0 atom stereocenters. The summed E-state index contributed by atoms with van der Waals surface area (Å²) in [6.45, 7) is 1.93. The molecule has 0 aliphatic heterocycles. The number of nitrogens with one attached hydrogen (secondary N) is 1. The zero-order chi connectivity index (χ0) is 16.8. The van der Waals surface area contributed by atoms with Crippen molar-refractivity contribution in [2.45, 2.75) is 13.3 Å². The Morgan fingerprint density at radius 2 is 2.04 bits per heavy atom. The van der Waals surface area contributed by atoms with Gasteiger partial charge in [-0.2, -0.15) is 0 Å². The number of fused-ring (bicyclic) bond motifs is 2. The fraction of sp³-hybridized carbons (Fsp3) is 0.158. The van der Waals surface area contributed by atoms with Crippen LogP contribution in [0.3, 0.4) is 0 Å². The molecule has 0 spiro atoms. The topological polar surface area (TPSA) is 70.1 Å². The number of hydrogen-bond acceptors (Lipinski definition) is 3. The van der Waals surface area contributed by atoms with Crippen LogP contribution < -0.4 is 10.00 Å². The smallest absolute Gasteiger partial charge is 0.294 e. The molecular formula is C19H17N2O3+. The largest absolute Gasteiger partial charge is 0.508 e. The zero-order valence-electron chi connectivity index (χ0n) is 13.5. The summed E-state index contributed by atoms with van der Waals surface area (Å²) in [7, 11) is 1.91. The minimum Gasteiger partial charge on any atom is -0.508 e. The maximum Gasteiger partial charge on any atom is 0.294 e. The molecular weight excluding hydrogens is 304 g/mol. The Bertz CT molecular complexity index is 1140. The monoisotopic (exact) mass is 321 g/mol. The van der Waals surface area contributed by atoms with Gasteiger partial charge in [0, 0.05) is 6.07 Å². The summed E-state index contributed by atoms with van der Waals surface area (Å²) < 4.78 is 7.56. The third-order valence-corrected chi connectivity index (χ3v) is 4.46. The number of aryl methyl sites for hydroxylation is 2. The van der Waals surface area contributed by atoms with Gasteiger partial charge in [-0.05, 0) is 30.2 Å². The van der Waals surface area contributed by atoms with Crippen LogP contribution in [-0.2, 0) is 13.5 Å². The fourth-order valence-corrected chi connectivity index (χ4v) is 3.11. The lowest BCUT2D eigenvalue weighted by Gasteiger charge is -2.04. The van der Waals surface area contributed by atoms with Gasteiger partial charge in [-0.25, -0.2) is 9.55 Å². The van der Waals surface area contributed by atoms with E-state index in [0.29, 0.717) is 28.8 Å². The first-order valence-electron chi connectivity index (χ1n) is 7.84. The molecule has 4 aromatic rings. The average molecular weight is 321 g/mol. The van der Waals surface area contributed by atoms with Crippen LogP contribution >= 0.6 is 0 Å². The minimum atomic E-state index is -0.117. The van der Waals surface area contributed by atoms with Crippen molar-refractivity contribution in [1.29, 1.82) is 0 Å². The van der Waals surface area contributed by atoms with E-state index in [9.17, 15) is 9.90 Å². The number of phenolic OH excluding ortho intramolecular Hbond substituents is 1. The van der Waals surface area contributed by atoms with E-state index < -0.39 is 0 Å².